The van der Waals surface area contributed by atoms with Gasteiger partial charge < -0.3 is 16.0 Å². The fraction of sp³-hybridized carbons (Fsp3) is 0.545. The van der Waals surface area contributed by atoms with Crippen LogP contribution >= 0.6 is 0 Å². The molecule has 20 heavy (non-hydrogen) atoms. The van der Waals surface area contributed by atoms with Crippen molar-refractivity contribution < 1.29 is 9.72 Å². The van der Waals surface area contributed by atoms with Crippen LogP contribution in [0.15, 0.2) is 6.20 Å². The SMILES string of the molecule is CCNc1ncc([N+](=O)[O-])c(N2CCCC2C(N)=O)n1. The highest BCUT2D eigenvalue weighted by atomic mass is 16.6. The van der Waals surface area contributed by atoms with E-state index in [0.29, 0.717) is 25.5 Å². The van der Waals surface area contributed by atoms with Crippen LogP contribution in [0.4, 0.5) is 17.5 Å². The van der Waals surface area contributed by atoms with Gasteiger partial charge in [-0.25, -0.2) is 4.98 Å². The van der Waals surface area contributed by atoms with Crippen molar-refractivity contribution in [2.75, 3.05) is 23.3 Å². The van der Waals surface area contributed by atoms with E-state index in [1.54, 1.807) is 4.90 Å². The molecule has 0 bridgehead atoms. The fourth-order valence-corrected chi connectivity index (χ4v) is 2.27. The van der Waals surface area contributed by atoms with E-state index in [2.05, 4.69) is 15.3 Å². The maximum Gasteiger partial charge on any atom is 0.329 e. The second-order valence-electron chi connectivity index (χ2n) is 4.44. The summed E-state index contributed by atoms with van der Waals surface area (Å²) in [6.07, 6.45) is 2.47. The highest BCUT2D eigenvalue weighted by molar-refractivity contribution is 5.84. The average molecular weight is 280 g/mol. The monoisotopic (exact) mass is 280 g/mol. The molecule has 0 radical (unpaired) electrons. The molecule has 0 aliphatic carbocycles. The molecule has 0 aromatic carbocycles. The average Bonchev–Trinajstić information content (AvgIpc) is 2.88. The van der Waals surface area contributed by atoms with Crippen molar-refractivity contribution in [3.8, 4) is 0 Å². The Morgan fingerprint density at radius 3 is 3.05 bits per heavy atom. The van der Waals surface area contributed by atoms with E-state index in [-0.39, 0.29) is 11.5 Å². The fourth-order valence-electron chi connectivity index (χ4n) is 2.27. The normalized spacial score (nSPS) is 18.1. The number of rotatable bonds is 5. The third-order valence-electron chi connectivity index (χ3n) is 3.13. The third-order valence-corrected chi connectivity index (χ3v) is 3.13. The Hall–Kier alpha value is -2.45. The van der Waals surface area contributed by atoms with Crippen LogP contribution in [0.1, 0.15) is 19.8 Å². The Kier molecular flexibility index (Phi) is 3.97. The van der Waals surface area contributed by atoms with Gasteiger partial charge in [-0.3, -0.25) is 14.9 Å². The minimum Gasteiger partial charge on any atom is -0.368 e. The maximum absolute atomic E-state index is 11.4. The topological polar surface area (TPSA) is 127 Å². The quantitative estimate of drug-likeness (QED) is 0.585. The van der Waals surface area contributed by atoms with E-state index in [1.807, 2.05) is 6.92 Å². The smallest absolute Gasteiger partial charge is 0.329 e. The molecule has 108 valence electrons. The zero-order chi connectivity index (χ0) is 14.7. The molecular formula is C11H16N6O3. The first-order valence-electron chi connectivity index (χ1n) is 6.35. The van der Waals surface area contributed by atoms with Gasteiger partial charge in [0.15, 0.2) is 0 Å². The van der Waals surface area contributed by atoms with Crippen molar-refractivity contribution in [1.82, 2.24) is 9.97 Å². The summed E-state index contributed by atoms with van der Waals surface area (Å²) in [5, 5.41) is 14.0. The molecule has 0 spiro atoms. The van der Waals surface area contributed by atoms with E-state index in [9.17, 15) is 14.9 Å². The summed E-state index contributed by atoms with van der Waals surface area (Å²) in [6.45, 7) is 2.97. The van der Waals surface area contributed by atoms with Gasteiger partial charge in [-0.05, 0) is 19.8 Å². The van der Waals surface area contributed by atoms with Crippen LogP contribution in [0, 0.1) is 10.1 Å². The van der Waals surface area contributed by atoms with Gasteiger partial charge in [0.1, 0.15) is 12.2 Å². The second kappa shape index (κ2) is 5.68. The summed E-state index contributed by atoms with van der Waals surface area (Å²) in [6, 6.07) is -0.557. The molecule has 2 heterocycles. The Bertz CT molecular complexity index is 535. The van der Waals surface area contributed by atoms with E-state index in [1.165, 1.54) is 0 Å². The molecule has 1 fully saturated rings. The van der Waals surface area contributed by atoms with Crippen LogP contribution < -0.4 is 16.0 Å². The molecule has 1 atom stereocenters. The predicted octanol–water partition coefficient (Wildman–Crippen LogP) is 0.271. The lowest BCUT2D eigenvalue weighted by atomic mass is 10.2. The number of carbonyl (C=O) groups is 1. The number of hydrogen-bond donors (Lipinski definition) is 2. The highest BCUT2D eigenvalue weighted by Gasteiger charge is 2.34. The summed E-state index contributed by atoms with van der Waals surface area (Å²) in [5.41, 5.74) is 5.12. The number of nitrogens with two attached hydrogens (primary N) is 1. The summed E-state index contributed by atoms with van der Waals surface area (Å²) in [4.78, 5) is 31.6. The van der Waals surface area contributed by atoms with Crippen LogP contribution in [-0.4, -0.2) is 39.9 Å². The minimum atomic E-state index is -0.557. The largest absolute Gasteiger partial charge is 0.368 e. The van der Waals surface area contributed by atoms with Crippen LogP contribution in [0.5, 0.6) is 0 Å². The van der Waals surface area contributed by atoms with Gasteiger partial charge in [0.05, 0.1) is 4.92 Å². The molecule has 9 nitrogen and oxygen atoms in total. The molecule has 1 aromatic rings. The Labute approximate surface area is 115 Å². The lowest BCUT2D eigenvalue weighted by Crippen LogP contribution is -2.41. The highest BCUT2D eigenvalue weighted by Crippen LogP contribution is 2.31. The summed E-state index contributed by atoms with van der Waals surface area (Å²) >= 11 is 0. The molecule has 1 aliphatic heterocycles. The van der Waals surface area contributed by atoms with E-state index in [4.69, 9.17) is 5.73 Å². The van der Waals surface area contributed by atoms with Crippen molar-refractivity contribution in [1.29, 1.82) is 0 Å². The number of primary amides is 1. The number of anilines is 2. The van der Waals surface area contributed by atoms with E-state index in [0.717, 1.165) is 12.6 Å². The van der Waals surface area contributed by atoms with Gasteiger partial charge in [0, 0.05) is 13.1 Å². The van der Waals surface area contributed by atoms with Crippen molar-refractivity contribution in [3.63, 3.8) is 0 Å². The first-order chi connectivity index (χ1) is 9.54. The molecule has 9 heteroatoms. The van der Waals surface area contributed by atoms with E-state index >= 15 is 0 Å². The molecule has 1 aliphatic rings. The van der Waals surface area contributed by atoms with Gasteiger partial charge in [0.25, 0.3) is 0 Å². The Morgan fingerprint density at radius 2 is 2.45 bits per heavy atom. The molecule has 3 N–H and O–H groups in total. The Balaban J connectivity index is 2.43. The standard InChI is InChI=1S/C11H16N6O3/c1-2-13-11-14-6-8(17(19)20)10(15-11)16-5-3-4-7(16)9(12)18/h6-7H,2-5H2,1H3,(H2,12,18)(H,13,14,15). The van der Waals surface area contributed by atoms with Crippen LogP contribution in [0.2, 0.25) is 0 Å². The third kappa shape index (κ3) is 2.60. The zero-order valence-corrected chi connectivity index (χ0v) is 11.1. The number of amides is 1. The van der Waals surface area contributed by atoms with Gasteiger partial charge in [-0.2, -0.15) is 4.98 Å². The minimum absolute atomic E-state index is 0.141. The van der Waals surface area contributed by atoms with E-state index < -0.39 is 16.9 Å². The molecule has 1 amide bonds. The van der Waals surface area contributed by atoms with Crippen LogP contribution in [0.25, 0.3) is 0 Å². The van der Waals surface area contributed by atoms with Crippen molar-refractivity contribution in [2.45, 2.75) is 25.8 Å². The molecular weight excluding hydrogens is 264 g/mol. The van der Waals surface area contributed by atoms with Gasteiger partial charge in [-0.15, -0.1) is 0 Å². The molecule has 1 unspecified atom stereocenters. The number of carbonyl (C=O) groups excluding carboxylic acids is 1. The summed E-state index contributed by atoms with van der Waals surface area (Å²) in [7, 11) is 0. The Morgan fingerprint density at radius 1 is 1.70 bits per heavy atom. The van der Waals surface area contributed by atoms with Crippen molar-refractivity contribution in [2.24, 2.45) is 5.73 Å². The number of aromatic nitrogens is 2. The predicted molar refractivity (Wildman–Crippen MR) is 72.4 cm³/mol. The lowest BCUT2D eigenvalue weighted by molar-refractivity contribution is -0.384. The lowest BCUT2D eigenvalue weighted by Gasteiger charge is -2.22. The number of hydrogen-bond acceptors (Lipinski definition) is 7. The maximum atomic E-state index is 11.4. The van der Waals surface area contributed by atoms with Crippen molar-refractivity contribution >= 4 is 23.4 Å². The number of nitrogens with zero attached hydrogens (tertiary/aromatic N) is 4. The van der Waals surface area contributed by atoms with Gasteiger partial charge >= 0.3 is 5.69 Å². The van der Waals surface area contributed by atoms with Crippen LogP contribution in [0.3, 0.4) is 0 Å². The number of nitrogens with one attached hydrogen (secondary N) is 1. The molecule has 1 aromatic heterocycles. The molecule has 2 rings (SSSR count). The molecule has 0 saturated carbocycles. The zero-order valence-electron chi connectivity index (χ0n) is 11.1. The van der Waals surface area contributed by atoms with Gasteiger partial charge in [-0.1, -0.05) is 0 Å². The molecule has 1 saturated heterocycles. The second-order valence-corrected chi connectivity index (χ2v) is 4.44. The summed E-state index contributed by atoms with van der Waals surface area (Å²) < 4.78 is 0. The first-order valence-corrected chi connectivity index (χ1v) is 6.35. The van der Waals surface area contributed by atoms with Crippen molar-refractivity contribution in [3.05, 3.63) is 16.3 Å². The number of nitro groups is 1. The van der Waals surface area contributed by atoms with Crippen LogP contribution in [-0.2, 0) is 4.79 Å². The summed E-state index contributed by atoms with van der Waals surface area (Å²) in [5.74, 6) is -0.0640. The van der Waals surface area contributed by atoms with Gasteiger partial charge in [0.2, 0.25) is 17.7 Å². The first kappa shape index (κ1) is 14.0.